The van der Waals surface area contributed by atoms with Gasteiger partial charge >= 0.3 is 12.0 Å². The molecule has 0 saturated heterocycles. The van der Waals surface area contributed by atoms with Gasteiger partial charge in [0.15, 0.2) is 0 Å². The maximum absolute atomic E-state index is 11.3. The summed E-state index contributed by atoms with van der Waals surface area (Å²) in [6.45, 7) is 0. The Bertz CT molecular complexity index is 475. The number of amides is 3. The fourth-order valence-electron chi connectivity index (χ4n) is 1.07. The molecule has 0 aliphatic rings. The van der Waals surface area contributed by atoms with Gasteiger partial charge in [0.25, 0.3) is 0 Å². The van der Waals surface area contributed by atoms with Crippen molar-refractivity contribution in [1.82, 2.24) is 15.6 Å². The molecule has 0 aliphatic heterocycles. The number of thioether (sulfide) groups is 1. The summed E-state index contributed by atoms with van der Waals surface area (Å²) >= 11 is 2.69. The lowest BCUT2D eigenvalue weighted by Crippen LogP contribution is -2.37. The van der Waals surface area contributed by atoms with E-state index in [1.165, 1.54) is 30.1 Å². The van der Waals surface area contributed by atoms with Crippen molar-refractivity contribution in [2.24, 2.45) is 0 Å². The van der Waals surface area contributed by atoms with Crippen LogP contribution in [0, 0.1) is 0 Å². The molecule has 0 atom stereocenters. The smallest absolute Gasteiger partial charge is 0.321 e. The van der Waals surface area contributed by atoms with Gasteiger partial charge in [0, 0.05) is 24.6 Å². The Balaban J connectivity index is 2.29. The molecule has 3 amide bonds. The van der Waals surface area contributed by atoms with E-state index in [1.54, 1.807) is 5.38 Å². The van der Waals surface area contributed by atoms with Crippen LogP contribution in [0.4, 0.5) is 4.79 Å². The van der Waals surface area contributed by atoms with E-state index in [1.807, 2.05) is 0 Å². The molecule has 9 heteroatoms. The molecule has 0 aromatic carbocycles. The summed E-state index contributed by atoms with van der Waals surface area (Å²) in [5.74, 6) is -0.816. The third kappa shape index (κ3) is 6.20. The minimum atomic E-state index is -0.924. The highest BCUT2D eigenvalue weighted by Crippen LogP contribution is 2.23. The first-order valence-electron chi connectivity index (χ1n) is 5.32. The van der Waals surface area contributed by atoms with Gasteiger partial charge in [0.05, 0.1) is 12.1 Å². The molecule has 0 unspecified atom stereocenters. The van der Waals surface area contributed by atoms with Crippen molar-refractivity contribution >= 4 is 41.0 Å². The highest BCUT2D eigenvalue weighted by atomic mass is 32.2. The van der Waals surface area contributed by atoms with E-state index < -0.39 is 12.0 Å². The SMILES string of the molecule is CNC(=O)NC(=O)CCSc1nc(CC(=O)O)cs1. The molecule has 104 valence electrons. The van der Waals surface area contributed by atoms with Crippen molar-refractivity contribution in [3.05, 3.63) is 11.1 Å². The van der Waals surface area contributed by atoms with Crippen LogP contribution in [0.15, 0.2) is 9.72 Å². The Morgan fingerprint density at radius 3 is 2.84 bits per heavy atom. The third-order valence-corrected chi connectivity index (χ3v) is 3.97. The molecule has 0 fully saturated rings. The minimum absolute atomic E-state index is 0.103. The van der Waals surface area contributed by atoms with Crippen LogP contribution in [-0.2, 0) is 16.0 Å². The first-order valence-corrected chi connectivity index (χ1v) is 7.18. The average Bonchev–Trinajstić information content (AvgIpc) is 2.75. The van der Waals surface area contributed by atoms with Gasteiger partial charge < -0.3 is 10.4 Å². The van der Waals surface area contributed by atoms with Crippen molar-refractivity contribution < 1.29 is 19.5 Å². The van der Waals surface area contributed by atoms with Gasteiger partial charge in [-0.2, -0.15) is 0 Å². The van der Waals surface area contributed by atoms with E-state index in [4.69, 9.17) is 5.11 Å². The zero-order chi connectivity index (χ0) is 14.3. The van der Waals surface area contributed by atoms with E-state index in [2.05, 4.69) is 15.6 Å². The monoisotopic (exact) mass is 303 g/mol. The molecule has 19 heavy (non-hydrogen) atoms. The Kier molecular flexibility index (Phi) is 6.30. The van der Waals surface area contributed by atoms with E-state index >= 15 is 0 Å². The molecule has 7 nitrogen and oxygen atoms in total. The fourth-order valence-corrected chi connectivity index (χ4v) is 2.93. The standard InChI is InChI=1S/C10H13N3O4S2/c1-11-9(17)13-7(14)2-3-18-10-12-6(5-19-10)4-8(15)16/h5H,2-4H2,1H3,(H,15,16)(H2,11,13,14,17). The zero-order valence-corrected chi connectivity index (χ0v) is 11.8. The number of urea groups is 1. The van der Waals surface area contributed by atoms with Crippen LogP contribution in [0.2, 0.25) is 0 Å². The van der Waals surface area contributed by atoms with E-state index in [-0.39, 0.29) is 18.7 Å². The van der Waals surface area contributed by atoms with Crippen LogP contribution in [-0.4, -0.2) is 40.8 Å². The van der Waals surface area contributed by atoms with Gasteiger partial charge in [0.1, 0.15) is 4.34 Å². The fraction of sp³-hybridized carbons (Fsp3) is 0.400. The average molecular weight is 303 g/mol. The van der Waals surface area contributed by atoms with Crippen LogP contribution in [0.1, 0.15) is 12.1 Å². The molecule has 0 aliphatic carbocycles. The lowest BCUT2D eigenvalue weighted by molar-refractivity contribution is -0.136. The number of carbonyl (C=O) groups is 3. The zero-order valence-electron chi connectivity index (χ0n) is 10.1. The lowest BCUT2D eigenvalue weighted by atomic mass is 10.3. The molecule has 0 radical (unpaired) electrons. The molecule has 1 aromatic heterocycles. The van der Waals surface area contributed by atoms with Crippen molar-refractivity contribution in [2.75, 3.05) is 12.8 Å². The third-order valence-electron chi connectivity index (χ3n) is 1.90. The molecule has 1 rings (SSSR count). The number of thiazole rings is 1. The van der Waals surface area contributed by atoms with E-state index in [0.717, 1.165) is 0 Å². The normalized spacial score (nSPS) is 9.95. The summed E-state index contributed by atoms with van der Waals surface area (Å²) < 4.78 is 0.712. The van der Waals surface area contributed by atoms with Crippen LogP contribution < -0.4 is 10.6 Å². The second kappa shape index (κ2) is 7.74. The Morgan fingerprint density at radius 2 is 2.21 bits per heavy atom. The Labute approximate surface area is 117 Å². The summed E-state index contributed by atoms with van der Waals surface area (Å²) in [5.41, 5.74) is 0.509. The van der Waals surface area contributed by atoms with Gasteiger partial charge in [0.2, 0.25) is 5.91 Å². The summed E-state index contributed by atoms with van der Waals surface area (Å²) in [4.78, 5) is 36.7. The Hall–Kier alpha value is -1.61. The van der Waals surface area contributed by atoms with Crippen LogP contribution >= 0.6 is 23.1 Å². The van der Waals surface area contributed by atoms with Crippen molar-refractivity contribution in [1.29, 1.82) is 0 Å². The predicted molar refractivity (Wildman–Crippen MR) is 71.4 cm³/mol. The number of carbonyl (C=O) groups excluding carboxylic acids is 2. The van der Waals surface area contributed by atoms with Crippen LogP contribution in [0.5, 0.6) is 0 Å². The van der Waals surface area contributed by atoms with Crippen molar-refractivity contribution in [2.45, 2.75) is 17.2 Å². The topological polar surface area (TPSA) is 108 Å². The Morgan fingerprint density at radius 1 is 1.47 bits per heavy atom. The number of rotatable bonds is 6. The molecule has 1 heterocycles. The van der Waals surface area contributed by atoms with Gasteiger partial charge in [-0.1, -0.05) is 11.8 Å². The predicted octanol–water partition coefficient (Wildman–Crippen LogP) is 0.708. The van der Waals surface area contributed by atoms with Gasteiger partial charge in [-0.05, 0) is 0 Å². The summed E-state index contributed by atoms with van der Waals surface area (Å²) in [5, 5.41) is 14.7. The lowest BCUT2D eigenvalue weighted by Gasteiger charge is -2.01. The molecular weight excluding hydrogens is 290 g/mol. The number of aromatic nitrogens is 1. The molecule has 3 N–H and O–H groups in total. The summed E-state index contributed by atoms with van der Waals surface area (Å²) in [6, 6.07) is -0.534. The number of nitrogens with one attached hydrogen (secondary N) is 2. The first kappa shape index (κ1) is 15.4. The molecule has 0 saturated carbocycles. The molecule has 0 spiro atoms. The van der Waals surface area contributed by atoms with Crippen LogP contribution in [0.25, 0.3) is 0 Å². The maximum atomic E-state index is 11.3. The van der Waals surface area contributed by atoms with Gasteiger partial charge in [-0.15, -0.1) is 11.3 Å². The number of hydrogen-bond acceptors (Lipinski definition) is 6. The van der Waals surface area contributed by atoms with Gasteiger partial charge in [-0.3, -0.25) is 14.9 Å². The highest BCUT2D eigenvalue weighted by Gasteiger charge is 2.09. The first-order chi connectivity index (χ1) is 9.01. The quantitative estimate of drug-likeness (QED) is 0.668. The number of nitrogens with zero attached hydrogens (tertiary/aromatic N) is 1. The summed E-state index contributed by atoms with van der Waals surface area (Å²) in [7, 11) is 1.43. The second-order valence-electron chi connectivity index (χ2n) is 3.40. The largest absolute Gasteiger partial charge is 0.481 e. The molecule has 1 aromatic rings. The number of hydrogen-bond donors (Lipinski definition) is 3. The maximum Gasteiger partial charge on any atom is 0.321 e. The summed E-state index contributed by atoms with van der Waals surface area (Å²) in [6.07, 6.45) is 0.0835. The van der Waals surface area contributed by atoms with E-state index in [0.29, 0.717) is 15.8 Å². The van der Waals surface area contributed by atoms with Crippen molar-refractivity contribution in [3.63, 3.8) is 0 Å². The number of carboxylic acids is 1. The number of carboxylic acid groups (broad SMARTS) is 1. The van der Waals surface area contributed by atoms with E-state index in [9.17, 15) is 14.4 Å². The molecule has 0 bridgehead atoms. The minimum Gasteiger partial charge on any atom is -0.481 e. The number of imide groups is 1. The van der Waals surface area contributed by atoms with Crippen LogP contribution in [0.3, 0.4) is 0 Å². The second-order valence-corrected chi connectivity index (χ2v) is 5.60. The molecular formula is C10H13N3O4S2. The number of aliphatic carboxylic acids is 1. The highest BCUT2D eigenvalue weighted by molar-refractivity contribution is 8.01. The van der Waals surface area contributed by atoms with Gasteiger partial charge in [-0.25, -0.2) is 9.78 Å². The van der Waals surface area contributed by atoms with Crippen molar-refractivity contribution in [3.8, 4) is 0 Å².